The molecule has 44 heavy (non-hydrogen) atoms. The molecule has 0 aliphatic carbocycles. The molecule has 0 spiro atoms. The fraction of sp³-hybridized carbons (Fsp3) is 0.842. The summed E-state index contributed by atoms with van der Waals surface area (Å²) in [5, 5.41) is 21.1. The molecule has 1 aromatic carbocycles. The first-order valence-electron chi connectivity index (χ1n) is 18.2. The van der Waals surface area contributed by atoms with Crippen LogP contribution in [0.1, 0.15) is 150 Å². The van der Waals surface area contributed by atoms with Crippen LogP contribution < -0.4 is 0 Å². The van der Waals surface area contributed by atoms with Gasteiger partial charge in [0.25, 0.3) is 0 Å². The smallest absolute Gasteiger partial charge is 0.192 e. The molecule has 0 aliphatic rings. The van der Waals surface area contributed by atoms with Crippen LogP contribution in [0, 0.1) is 0 Å². The molecular formula is C38H74O4Si2. The minimum atomic E-state index is -2.04. The Kier molecular flexibility index (Phi) is 18.7. The van der Waals surface area contributed by atoms with E-state index in [0.29, 0.717) is 12.8 Å². The Labute approximate surface area is 276 Å². The van der Waals surface area contributed by atoms with Crippen LogP contribution in [0.3, 0.4) is 0 Å². The van der Waals surface area contributed by atoms with Crippen LogP contribution in [0.4, 0.5) is 0 Å². The van der Waals surface area contributed by atoms with Crippen molar-refractivity contribution in [3.63, 3.8) is 0 Å². The number of aliphatic hydroxyl groups is 1. The summed E-state index contributed by atoms with van der Waals surface area (Å²) in [7, 11) is -4.00. The van der Waals surface area contributed by atoms with Crippen molar-refractivity contribution in [1.82, 2.24) is 0 Å². The summed E-state index contributed by atoms with van der Waals surface area (Å²) in [4.78, 5) is 0. The van der Waals surface area contributed by atoms with Crippen LogP contribution >= 0.6 is 0 Å². The van der Waals surface area contributed by atoms with E-state index in [1.807, 2.05) is 12.1 Å². The first-order chi connectivity index (χ1) is 20.4. The molecule has 0 saturated carbocycles. The number of benzene rings is 1. The zero-order valence-electron chi connectivity index (χ0n) is 31.1. The van der Waals surface area contributed by atoms with Gasteiger partial charge < -0.3 is 19.1 Å². The SMILES string of the molecule is CCCCCCCCCCCCC[C@H](C[C@@H](CC(O)CCc1ccc(O)cc1)O[Si](C)(C)C(C)(C)C)O[Si](C)(C)C(C)(C)C. The normalized spacial score (nSPS) is 15.4. The lowest BCUT2D eigenvalue weighted by Crippen LogP contribution is -2.48. The Morgan fingerprint density at radius 1 is 0.614 bits per heavy atom. The third kappa shape index (κ3) is 16.8. The van der Waals surface area contributed by atoms with Crippen LogP contribution in [0.5, 0.6) is 5.75 Å². The number of aryl methyl sites for hydroxylation is 1. The average Bonchev–Trinajstić information content (AvgIpc) is 2.89. The molecule has 0 radical (unpaired) electrons. The van der Waals surface area contributed by atoms with Gasteiger partial charge in [0, 0.05) is 12.2 Å². The van der Waals surface area contributed by atoms with Gasteiger partial charge >= 0.3 is 0 Å². The van der Waals surface area contributed by atoms with Crippen LogP contribution in [0.25, 0.3) is 0 Å². The summed E-state index contributed by atoms with van der Waals surface area (Å²) >= 11 is 0. The van der Waals surface area contributed by atoms with Gasteiger partial charge in [0.05, 0.1) is 6.10 Å². The summed E-state index contributed by atoms with van der Waals surface area (Å²) in [6.07, 6.45) is 18.6. The Balaban J connectivity index is 2.89. The molecule has 0 heterocycles. The molecule has 0 amide bonds. The van der Waals surface area contributed by atoms with E-state index in [9.17, 15) is 10.2 Å². The van der Waals surface area contributed by atoms with Gasteiger partial charge in [0.2, 0.25) is 0 Å². The van der Waals surface area contributed by atoms with E-state index in [1.54, 1.807) is 12.1 Å². The predicted octanol–water partition coefficient (Wildman–Crippen LogP) is 11.9. The van der Waals surface area contributed by atoms with Gasteiger partial charge in [-0.1, -0.05) is 131 Å². The summed E-state index contributed by atoms with van der Waals surface area (Å²) in [6, 6.07) is 7.34. The summed E-state index contributed by atoms with van der Waals surface area (Å²) < 4.78 is 14.2. The second-order valence-electron chi connectivity index (χ2n) is 16.7. The zero-order chi connectivity index (χ0) is 33.4. The molecule has 0 aromatic heterocycles. The molecule has 4 nitrogen and oxygen atoms in total. The van der Waals surface area contributed by atoms with Gasteiger partial charge in [0.15, 0.2) is 16.6 Å². The molecular weight excluding hydrogens is 577 g/mol. The average molecular weight is 651 g/mol. The van der Waals surface area contributed by atoms with Crippen molar-refractivity contribution in [3.05, 3.63) is 29.8 Å². The largest absolute Gasteiger partial charge is 0.508 e. The maximum atomic E-state index is 11.2. The van der Waals surface area contributed by atoms with E-state index in [0.717, 1.165) is 24.8 Å². The summed E-state index contributed by atoms with van der Waals surface area (Å²) in [5.41, 5.74) is 1.14. The number of hydrogen-bond donors (Lipinski definition) is 2. The van der Waals surface area contributed by atoms with Gasteiger partial charge in [-0.05, 0) is 86.1 Å². The highest BCUT2D eigenvalue weighted by Gasteiger charge is 2.42. The molecule has 1 unspecified atom stereocenters. The molecule has 1 rings (SSSR count). The lowest BCUT2D eigenvalue weighted by molar-refractivity contribution is 0.0435. The highest BCUT2D eigenvalue weighted by atomic mass is 28.4. The van der Waals surface area contributed by atoms with Crippen molar-refractivity contribution in [2.75, 3.05) is 0 Å². The number of unbranched alkanes of at least 4 members (excludes halogenated alkanes) is 10. The minimum Gasteiger partial charge on any atom is -0.508 e. The third-order valence-corrected chi connectivity index (χ3v) is 19.5. The number of hydrogen-bond acceptors (Lipinski definition) is 4. The Morgan fingerprint density at radius 2 is 1.05 bits per heavy atom. The zero-order valence-corrected chi connectivity index (χ0v) is 33.1. The molecule has 2 N–H and O–H groups in total. The Hall–Kier alpha value is -0.666. The lowest BCUT2D eigenvalue weighted by Gasteiger charge is -2.43. The molecule has 0 aliphatic heterocycles. The van der Waals surface area contributed by atoms with E-state index in [1.165, 1.54) is 70.6 Å². The van der Waals surface area contributed by atoms with E-state index in [-0.39, 0.29) is 28.0 Å². The molecule has 0 bridgehead atoms. The van der Waals surface area contributed by atoms with Crippen molar-refractivity contribution in [1.29, 1.82) is 0 Å². The Bertz CT molecular complexity index is 870. The van der Waals surface area contributed by atoms with Gasteiger partial charge in [0.1, 0.15) is 5.75 Å². The standard InChI is InChI=1S/C38H74O4Si2/c1-12-13-14-15-16-17-18-19-20-21-22-23-35(41-43(8,9)37(2,3)4)31-36(42-44(10,11)38(5,6)7)30-34(40)29-26-32-24-27-33(39)28-25-32/h24-25,27-28,34-36,39-40H,12-23,26,29-31H2,1-11H3/t34?,35-,36-/m1/s1. The number of aliphatic hydroxyl groups excluding tert-OH is 1. The summed E-state index contributed by atoms with van der Waals surface area (Å²) in [5.74, 6) is 0.280. The monoisotopic (exact) mass is 651 g/mol. The minimum absolute atomic E-state index is 0.0202. The molecule has 6 heteroatoms. The highest BCUT2D eigenvalue weighted by molar-refractivity contribution is 6.74. The van der Waals surface area contributed by atoms with E-state index in [2.05, 4.69) is 74.7 Å². The van der Waals surface area contributed by atoms with E-state index < -0.39 is 22.7 Å². The van der Waals surface area contributed by atoms with Crippen molar-refractivity contribution in [3.8, 4) is 5.75 Å². The summed E-state index contributed by atoms with van der Waals surface area (Å²) in [6.45, 7) is 25.6. The second kappa shape index (κ2) is 19.9. The first-order valence-corrected chi connectivity index (χ1v) is 24.0. The van der Waals surface area contributed by atoms with Crippen molar-refractivity contribution >= 4 is 16.6 Å². The van der Waals surface area contributed by atoms with Crippen molar-refractivity contribution < 1.29 is 19.1 Å². The second-order valence-corrected chi connectivity index (χ2v) is 26.2. The van der Waals surface area contributed by atoms with E-state index >= 15 is 0 Å². The third-order valence-electron chi connectivity index (χ3n) is 10.4. The quantitative estimate of drug-likeness (QED) is 0.0914. The van der Waals surface area contributed by atoms with Gasteiger partial charge in [-0.25, -0.2) is 0 Å². The highest BCUT2D eigenvalue weighted by Crippen LogP contribution is 2.41. The van der Waals surface area contributed by atoms with Gasteiger partial charge in [-0.15, -0.1) is 0 Å². The number of aromatic hydroxyl groups is 1. The van der Waals surface area contributed by atoms with Crippen LogP contribution in [0.15, 0.2) is 24.3 Å². The molecule has 0 fully saturated rings. The number of phenols is 1. The van der Waals surface area contributed by atoms with Crippen LogP contribution in [-0.4, -0.2) is 45.2 Å². The fourth-order valence-corrected chi connectivity index (χ4v) is 8.13. The van der Waals surface area contributed by atoms with Crippen molar-refractivity contribution in [2.24, 2.45) is 0 Å². The molecule has 258 valence electrons. The molecule has 1 aromatic rings. The maximum absolute atomic E-state index is 11.2. The van der Waals surface area contributed by atoms with Crippen LogP contribution in [0.2, 0.25) is 36.3 Å². The topological polar surface area (TPSA) is 58.9 Å². The number of phenolic OH excluding ortho intramolecular Hbond substituents is 1. The molecule has 3 atom stereocenters. The lowest BCUT2D eigenvalue weighted by atomic mass is 9.98. The predicted molar refractivity (Wildman–Crippen MR) is 197 cm³/mol. The fourth-order valence-electron chi connectivity index (χ4n) is 5.35. The van der Waals surface area contributed by atoms with Gasteiger partial charge in [-0.2, -0.15) is 0 Å². The van der Waals surface area contributed by atoms with Crippen molar-refractivity contribution in [2.45, 2.75) is 206 Å². The number of rotatable bonds is 23. The van der Waals surface area contributed by atoms with E-state index in [4.69, 9.17) is 8.85 Å². The maximum Gasteiger partial charge on any atom is 0.192 e. The first kappa shape index (κ1) is 41.4. The Morgan fingerprint density at radius 3 is 1.50 bits per heavy atom. The van der Waals surface area contributed by atoms with Gasteiger partial charge in [-0.3, -0.25) is 0 Å². The molecule has 0 saturated heterocycles. The van der Waals surface area contributed by atoms with Crippen LogP contribution in [-0.2, 0) is 15.3 Å².